The molecule has 1 amide bonds. The molecule has 104 valence electrons. The van der Waals surface area contributed by atoms with Crippen LogP contribution in [-0.4, -0.2) is 39.6 Å². The lowest BCUT2D eigenvalue weighted by Gasteiger charge is -2.35. The van der Waals surface area contributed by atoms with Crippen LogP contribution in [0.25, 0.3) is 0 Å². The molecule has 0 spiro atoms. The van der Waals surface area contributed by atoms with Gasteiger partial charge in [0.25, 0.3) is 5.91 Å². The number of aliphatic carboxylic acids is 1. The molecule has 1 aromatic heterocycles. The normalized spacial score (nSPS) is 19.4. The van der Waals surface area contributed by atoms with Crippen molar-refractivity contribution >= 4 is 11.9 Å². The van der Waals surface area contributed by atoms with E-state index in [1.807, 2.05) is 0 Å². The fraction of sp³-hybridized carbons (Fsp3) is 0.615. The van der Waals surface area contributed by atoms with Gasteiger partial charge in [-0.1, -0.05) is 5.16 Å². The summed E-state index contributed by atoms with van der Waals surface area (Å²) in [6.45, 7) is 2.43. The van der Waals surface area contributed by atoms with Gasteiger partial charge in [0.2, 0.25) is 5.76 Å². The van der Waals surface area contributed by atoms with E-state index >= 15 is 0 Å². The second-order valence-electron chi connectivity index (χ2n) is 4.92. The maximum Gasteiger partial charge on any atom is 0.303 e. The van der Waals surface area contributed by atoms with Gasteiger partial charge in [-0.05, 0) is 32.6 Å². The molecule has 1 aromatic rings. The van der Waals surface area contributed by atoms with Crippen molar-refractivity contribution in [3.05, 3.63) is 17.5 Å². The lowest BCUT2D eigenvalue weighted by molar-refractivity contribution is -0.137. The van der Waals surface area contributed by atoms with Crippen LogP contribution in [0, 0.1) is 6.92 Å². The van der Waals surface area contributed by atoms with Gasteiger partial charge in [0, 0.05) is 24.6 Å². The Kier molecular flexibility index (Phi) is 4.19. The molecule has 6 nitrogen and oxygen atoms in total. The third-order valence-corrected chi connectivity index (χ3v) is 3.52. The third kappa shape index (κ3) is 3.13. The summed E-state index contributed by atoms with van der Waals surface area (Å²) in [5, 5.41) is 12.4. The van der Waals surface area contributed by atoms with Crippen molar-refractivity contribution in [1.82, 2.24) is 10.1 Å². The zero-order valence-electron chi connectivity index (χ0n) is 11.0. The van der Waals surface area contributed by atoms with Gasteiger partial charge in [0.05, 0.1) is 6.20 Å². The number of carbonyl (C=O) groups is 2. The first kappa shape index (κ1) is 13.6. The molecule has 2 heterocycles. The Balaban J connectivity index is 2.08. The summed E-state index contributed by atoms with van der Waals surface area (Å²) < 4.78 is 5.00. The Labute approximate surface area is 111 Å². The van der Waals surface area contributed by atoms with Crippen LogP contribution in [0.15, 0.2) is 10.7 Å². The number of carboxylic acid groups (broad SMARTS) is 1. The summed E-state index contributed by atoms with van der Waals surface area (Å²) in [6.07, 6.45) is 4.93. The van der Waals surface area contributed by atoms with Crippen LogP contribution in [-0.2, 0) is 4.79 Å². The Hall–Kier alpha value is -1.85. The standard InChI is InChI=1S/C13H18N2O4/c1-9-8-14-19-12(9)13(18)15-7-3-2-4-10(15)5-6-11(16)17/h8,10H,2-7H2,1H3,(H,16,17). The molecule has 1 aliphatic heterocycles. The second kappa shape index (κ2) is 5.86. The largest absolute Gasteiger partial charge is 0.481 e. The molecule has 1 saturated heterocycles. The first-order valence-corrected chi connectivity index (χ1v) is 6.53. The van der Waals surface area contributed by atoms with E-state index in [9.17, 15) is 9.59 Å². The molecular formula is C13H18N2O4. The summed E-state index contributed by atoms with van der Waals surface area (Å²) >= 11 is 0. The number of hydrogen-bond donors (Lipinski definition) is 1. The Morgan fingerprint density at radius 1 is 1.53 bits per heavy atom. The smallest absolute Gasteiger partial charge is 0.303 e. The molecule has 0 saturated carbocycles. The van der Waals surface area contributed by atoms with E-state index in [2.05, 4.69) is 5.16 Å². The molecule has 1 atom stereocenters. The number of nitrogens with zero attached hydrogens (tertiary/aromatic N) is 2. The van der Waals surface area contributed by atoms with Gasteiger partial charge in [0.1, 0.15) is 0 Å². The topological polar surface area (TPSA) is 83.6 Å². The molecule has 19 heavy (non-hydrogen) atoms. The van der Waals surface area contributed by atoms with Crippen molar-refractivity contribution in [2.24, 2.45) is 0 Å². The molecule has 1 aliphatic rings. The van der Waals surface area contributed by atoms with Crippen molar-refractivity contribution in [3.8, 4) is 0 Å². The van der Waals surface area contributed by atoms with Crippen molar-refractivity contribution < 1.29 is 19.2 Å². The Bertz CT molecular complexity index is 469. The molecule has 0 bridgehead atoms. The summed E-state index contributed by atoms with van der Waals surface area (Å²) in [5.74, 6) is -0.735. The highest BCUT2D eigenvalue weighted by molar-refractivity contribution is 5.93. The molecule has 1 unspecified atom stereocenters. The highest BCUT2D eigenvalue weighted by atomic mass is 16.5. The van der Waals surface area contributed by atoms with Crippen LogP contribution in [0.2, 0.25) is 0 Å². The van der Waals surface area contributed by atoms with Gasteiger partial charge in [-0.15, -0.1) is 0 Å². The van der Waals surface area contributed by atoms with Gasteiger partial charge in [0.15, 0.2) is 0 Å². The van der Waals surface area contributed by atoms with E-state index in [1.165, 1.54) is 6.20 Å². The predicted molar refractivity (Wildman–Crippen MR) is 66.8 cm³/mol. The van der Waals surface area contributed by atoms with E-state index in [0.29, 0.717) is 18.5 Å². The first-order valence-electron chi connectivity index (χ1n) is 6.53. The molecule has 0 radical (unpaired) electrons. The number of aromatic nitrogens is 1. The van der Waals surface area contributed by atoms with Gasteiger partial charge >= 0.3 is 5.97 Å². The quantitative estimate of drug-likeness (QED) is 0.899. The fourth-order valence-corrected chi connectivity index (χ4v) is 2.49. The van der Waals surface area contributed by atoms with Gasteiger partial charge in [-0.25, -0.2) is 0 Å². The minimum Gasteiger partial charge on any atom is -0.481 e. The summed E-state index contributed by atoms with van der Waals surface area (Å²) in [5.41, 5.74) is 0.715. The average Bonchev–Trinajstić information content (AvgIpc) is 2.82. The number of carbonyl (C=O) groups excluding carboxylic acids is 1. The molecule has 6 heteroatoms. The van der Waals surface area contributed by atoms with Crippen LogP contribution in [0.5, 0.6) is 0 Å². The van der Waals surface area contributed by atoms with Gasteiger partial charge < -0.3 is 14.5 Å². The number of rotatable bonds is 4. The number of aryl methyl sites for hydroxylation is 1. The van der Waals surface area contributed by atoms with Gasteiger partial charge in [-0.2, -0.15) is 0 Å². The van der Waals surface area contributed by atoms with E-state index in [0.717, 1.165) is 19.3 Å². The van der Waals surface area contributed by atoms with Crippen molar-refractivity contribution in [2.45, 2.75) is 45.1 Å². The van der Waals surface area contributed by atoms with Crippen LogP contribution in [0.3, 0.4) is 0 Å². The maximum atomic E-state index is 12.4. The lowest BCUT2D eigenvalue weighted by Crippen LogP contribution is -2.44. The zero-order chi connectivity index (χ0) is 13.8. The molecule has 1 fully saturated rings. The van der Waals surface area contributed by atoms with E-state index in [-0.39, 0.29) is 24.1 Å². The van der Waals surface area contributed by atoms with E-state index in [1.54, 1.807) is 11.8 Å². The van der Waals surface area contributed by atoms with Gasteiger partial charge in [-0.3, -0.25) is 9.59 Å². The Morgan fingerprint density at radius 2 is 2.32 bits per heavy atom. The predicted octanol–water partition coefficient (Wildman–Crippen LogP) is 1.84. The highest BCUT2D eigenvalue weighted by Gasteiger charge is 2.30. The molecule has 2 rings (SSSR count). The van der Waals surface area contributed by atoms with E-state index < -0.39 is 5.97 Å². The Morgan fingerprint density at radius 3 is 2.95 bits per heavy atom. The number of likely N-dealkylation sites (tertiary alicyclic amines) is 1. The number of carboxylic acids is 1. The summed E-state index contributed by atoms with van der Waals surface area (Å²) in [6, 6.07) is -0.0122. The maximum absolute atomic E-state index is 12.4. The summed E-state index contributed by atoms with van der Waals surface area (Å²) in [7, 11) is 0. The van der Waals surface area contributed by atoms with Crippen molar-refractivity contribution in [1.29, 1.82) is 0 Å². The lowest BCUT2D eigenvalue weighted by atomic mass is 9.97. The summed E-state index contributed by atoms with van der Waals surface area (Å²) in [4.78, 5) is 24.8. The fourth-order valence-electron chi connectivity index (χ4n) is 2.49. The number of amides is 1. The van der Waals surface area contributed by atoms with Crippen molar-refractivity contribution in [2.75, 3.05) is 6.54 Å². The number of hydrogen-bond acceptors (Lipinski definition) is 4. The zero-order valence-corrected chi connectivity index (χ0v) is 11.0. The molecule has 0 aliphatic carbocycles. The highest BCUT2D eigenvalue weighted by Crippen LogP contribution is 2.23. The minimum atomic E-state index is -0.825. The molecular weight excluding hydrogens is 248 g/mol. The first-order chi connectivity index (χ1) is 9.09. The van der Waals surface area contributed by atoms with E-state index in [4.69, 9.17) is 9.63 Å². The molecule has 1 N–H and O–H groups in total. The monoisotopic (exact) mass is 266 g/mol. The van der Waals surface area contributed by atoms with Crippen LogP contribution < -0.4 is 0 Å². The molecule has 0 aromatic carbocycles. The number of piperidine rings is 1. The average molecular weight is 266 g/mol. The van der Waals surface area contributed by atoms with Crippen molar-refractivity contribution in [3.63, 3.8) is 0 Å². The SMILES string of the molecule is Cc1cnoc1C(=O)N1CCCCC1CCC(=O)O. The third-order valence-electron chi connectivity index (χ3n) is 3.52. The van der Waals surface area contributed by atoms with Crippen LogP contribution >= 0.6 is 0 Å². The van der Waals surface area contributed by atoms with Crippen LogP contribution in [0.1, 0.15) is 48.2 Å². The minimum absolute atomic E-state index is 0.0122. The van der Waals surface area contributed by atoms with Crippen LogP contribution in [0.4, 0.5) is 0 Å². The second-order valence-corrected chi connectivity index (χ2v) is 4.92.